The Bertz CT molecular complexity index is 177. The number of nitrogens with zero attached hydrogens (tertiary/aromatic N) is 1. The van der Waals surface area contributed by atoms with Crippen LogP contribution in [0.4, 0.5) is 0 Å². The Morgan fingerprint density at radius 1 is 1.69 bits per heavy atom. The number of aliphatic hydroxyl groups is 1. The normalized spacial score (nSPS) is 26.2. The Balaban J connectivity index is 2.21. The van der Waals surface area contributed by atoms with Gasteiger partial charge in [-0.05, 0) is 39.2 Å². The first-order chi connectivity index (χ1) is 6.09. The van der Waals surface area contributed by atoms with Crippen molar-refractivity contribution in [1.29, 1.82) is 0 Å². The van der Waals surface area contributed by atoms with E-state index in [1.165, 1.54) is 5.57 Å². The van der Waals surface area contributed by atoms with Gasteiger partial charge in [0.05, 0.1) is 6.10 Å². The topological polar surface area (TPSA) is 23.5 Å². The van der Waals surface area contributed by atoms with E-state index in [0.717, 1.165) is 32.5 Å². The monoisotopic (exact) mass is 183 g/mol. The summed E-state index contributed by atoms with van der Waals surface area (Å²) in [4.78, 5) is 2.42. The lowest BCUT2D eigenvalue weighted by atomic mass is 10.0. The Morgan fingerprint density at radius 2 is 2.38 bits per heavy atom. The summed E-state index contributed by atoms with van der Waals surface area (Å²) in [5.74, 6) is 0.491. The smallest absolute Gasteiger partial charge is 0.0552 e. The van der Waals surface area contributed by atoms with Gasteiger partial charge in [0.15, 0.2) is 0 Å². The van der Waals surface area contributed by atoms with Gasteiger partial charge in [-0.2, -0.15) is 0 Å². The highest BCUT2D eigenvalue weighted by molar-refractivity contribution is 4.90. The van der Waals surface area contributed by atoms with Crippen molar-refractivity contribution in [2.24, 2.45) is 5.92 Å². The Kier molecular flexibility index (Phi) is 3.94. The van der Waals surface area contributed by atoms with Crippen LogP contribution < -0.4 is 0 Å². The van der Waals surface area contributed by atoms with E-state index in [1.54, 1.807) is 0 Å². The molecule has 0 aromatic heterocycles. The van der Waals surface area contributed by atoms with Crippen LogP contribution in [0.5, 0.6) is 0 Å². The molecule has 1 fully saturated rings. The first kappa shape index (κ1) is 10.7. The molecule has 1 N–H and O–H groups in total. The molecule has 2 unspecified atom stereocenters. The van der Waals surface area contributed by atoms with Crippen LogP contribution >= 0.6 is 0 Å². The lowest BCUT2D eigenvalue weighted by Gasteiger charge is -2.17. The van der Waals surface area contributed by atoms with E-state index in [1.807, 2.05) is 6.92 Å². The summed E-state index contributed by atoms with van der Waals surface area (Å²) in [6, 6.07) is 0. The minimum absolute atomic E-state index is 0.144. The fourth-order valence-electron chi connectivity index (χ4n) is 1.81. The average molecular weight is 183 g/mol. The second-order valence-electron chi connectivity index (χ2n) is 4.30. The van der Waals surface area contributed by atoms with Gasteiger partial charge >= 0.3 is 0 Å². The molecule has 0 aliphatic carbocycles. The van der Waals surface area contributed by atoms with Gasteiger partial charge in [-0.25, -0.2) is 0 Å². The van der Waals surface area contributed by atoms with Crippen LogP contribution in [0.1, 0.15) is 26.7 Å². The Morgan fingerprint density at radius 3 is 2.85 bits per heavy atom. The summed E-state index contributed by atoms with van der Waals surface area (Å²) in [5, 5.41) is 9.40. The van der Waals surface area contributed by atoms with Gasteiger partial charge in [-0.15, -0.1) is 6.58 Å². The summed E-state index contributed by atoms with van der Waals surface area (Å²) >= 11 is 0. The SMILES string of the molecule is C=C(C)CCN1CCC(C(C)O)C1. The number of aliphatic hydroxyl groups excluding tert-OH is 1. The van der Waals surface area contributed by atoms with E-state index < -0.39 is 0 Å². The van der Waals surface area contributed by atoms with Crippen molar-refractivity contribution < 1.29 is 5.11 Å². The van der Waals surface area contributed by atoms with Gasteiger partial charge < -0.3 is 10.0 Å². The summed E-state index contributed by atoms with van der Waals surface area (Å²) < 4.78 is 0. The molecule has 1 rings (SSSR count). The molecular formula is C11H21NO. The Hall–Kier alpha value is -0.340. The molecule has 1 saturated heterocycles. The number of likely N-dealkylation sites (tertiary alicyclic amines) is 1. The third-order valence-corrected chi connectivity index (χ3v) is 2.85. The van der Waals surface area contributed by atoms with Crippen LogP contribution in [0.15, 0.2) is 12.2 Å². The molecule has 0 spiro atoms. The fourth-order valence-corrected chi connectivity index (χ4v) is 1.81. The van der Waals surface area contributed by atoms with E-state index in [9.17, 15) is 5.11 Å². The Labute approximate surface area is 81.2 Å². The minimum Gasteiger partial charge on any atom is -0.393 e. The average Bonchev–Trinajstić information content (AvgIpc) is 2.48. The van der Waals surface area contributed by atoms with Crippen LogP contribution in [0.25, 0.3) is 0 Å². The molecule has 0 amide bonds. The first-order valence-electron chi connectivity index (χ1n) is 5.14. The molecule has 76 valence electrons. The highest BCUT2D eigenvalue weighted by Crippen LogP contribution is 2.19. The van der Waals surface area contributed by atoms with E-state index in [2.05, 4.69) is 18.4 Å². The van der Waals surface area contributed by atoms with Gasteiger partial charge in [0.2, 0.25) is 0 Å². The predicted molar refractivity (Wildman–Crippen MR) is 55.7 cm³/mol. The summed E-state index contributed by atoms with van der Waals surface area (Å²) in [6.45, 7) is 11.2. The first-order valence-corrected chi connectivity index (χ1v) is 5.14. The van der Waals surface area contributed by atoms with Gasteiger partial charge in [0.1, 0.15) is 0 Å². The number of rotatable bonds is 4. The summed E-state index contributed by atoms with van der Waals surface area (Å²) in [5.41, 5.74) is 1.25. The van der Waals surface area contributed by atoms with Crippen molar-refractivity contribution >= 4 is 0 Å². The van der Waals surface area contributed by atoms with Gasteiger partial charge in [-0.1, -0.05) is 5.57 Å². The molecule has 1 aliphatic heterocycles. The third kappa shape index (κ3) is 3.49. The molecule has 0 saturated carbocycles. The highest BCUT2D eigenvalue weighted by Gasteiger charge is 2.25. The van der Waals surface area contributed by atoms with Crippen molar-refractivity contribution in [3.8, 4) is 0 Å². The maximum Gasteiger partial charge on any atom is 0.0552 e. The largest absolute Gasteiger partial charge is 0.393 e. The lowest BCUT2D eigenvalue weighted by molar-refractivity contribution is 0.128. The van der Waals surface area contributed by atoms with Crippen molar-refractivity contribution in [1.82, 2.24) is 4.90 Å². The molecule has 0 radical (unpaired) electrons. The number of hydrogen-bond acceptors (Lipinski definition) is 2. The van der Waals surface area contributed by atoms with Crippen LogP contribution in [-0.4, -0.2) is 35.7 Å². The molecule has 1 heterocycles. The zero-order valence-electron chi connectivity index (χ0n) is 8.79. The lowest BCUT2D eigenvalue weighted by Crippen LogP contribution is -2.25. The maximum absolute atomic E-state index is 9.40. The van der Waals surface area contributed by atoms with Crippen LogP contribution in [0, 0.1) is 5.92 Å². The molecular weight excluding hydrogens is 162 g/mol. The van der Waals surface area contributed by atoms with E-state index >= 15 is 0 Å². The molecule has 2 heteroatoms. The zero-order valence-corrected chi connectivity index (χ0v) is 8.79. The summed E-state index contributed by atoms with van der Waals surface area (Å²) in [6.07, 6.45) is 2.09. The highest BCUT2D eigenvalue weighted by atomic mass is 16.3. The molecule has 13 heavy (non-hydrogen) atoms. The molecule has 0 aromatic rings. The molecule has 0 aromatic carbocycles. The molecule has 0 bridgehead atoms. The number of hydrogen-bond donors (Lipinski definition) is 1. The van der Waals surface area contributed by atoms with Crippen molar-refractivity contribution in [3.05, 3.63) is 12.2 Å². The molecule has 2 atom stereocenters. The summed E-state index contributed by atoms with van der Waals surface area (Å²) in [7, 11) is 0. The van der Waals surface area contributed by atoms with Crippen LogP contribution in [0.3, 0.4) is 0 Å². The van der Waals surface area contributed by atoms with Crippen molar-refractivity contribution in [2.75, 3.05) is 19.6 Å². The zero-order chi connectivity index (χ0) is 9.84. The maximum atomic E-state index is 9.40. The van der Waals surface area contributed by atoms with Crippen LogP contribution in [-0.2, 0) is 0 Å². The van der Waals surface area contributed by atoms with Crippen molar-refractivity contribution in [2.45, 2.75) is 32.8 Å². The van der Waals surface area contributed by atoms with E-state index in [0.29, 0.717) is 5.92 Å². The predicted octanol–water partition coefficient (Wildman–Crippen LogP) is 1.66. The second kappa shape index (κ2) is 4.77. The molecule has 1 aliphatic rings. The van der Waals surface area contributed by atoms with Gasteiger partial charge in [-0.3, -0.25) is 0 Å². The fraction of sp³-hybridized carbons (Fsp3) is 0.818. The minimum atomic E-state index is -0.144. The van der Waals surface area contributed by atoms with Crippen molar-refractivity contribution in [3.63, 3.8) is 0 Å². The second-order valence-corrected chi connectivity index (χ2v) is 4.30. The standard InChI is InChI=1S/C11H21NO/c1-9(2)4-6-12-7-5-11(8-12)10(3)13/h10-11,13H,1,4-8H2,2-3H3. The molecule has 2 nitrogen and oxygen atoms in total. The van der Waals surface area contributed by atoms with Gasteiger partial charge in [0.25, 0.3) is 0 Å². The van der Waals surface area contributed by atoms with Crippen LogP contribution in [0.2, 0.25) is 0 Å². The third-order valence-electron chi connectivity index (χ3n) is 2.85. The quantitative estimate of drug-likeness (QED) is 0.670. The van der Waals surface area contributed by atoms with E-state index in [-0.39, 0.29) is 6.10 Å². The van der Waals surface area contributed by atoms with Gasteiger partial charge in [0, 0.05) is 13.1 Å². The van der Waals surface area contributed by atoms with E-state index in [4.69, 9.17) is 0 Å².